The van der Waals surface area contributed by atoms with Crippen LogP contribution in [0.1, 0.15) is 41.4 Å². The van der Waals surface area contributed by atoms with E-state index in [1.165, 1.54) is 37.7 Å². The number of carbonyl (C=O) groups excluding carboxylic acids is 1. The van der Waals surface area contributed by atoms with Gasteiger partial charge in [0.2, 0.25) is 5.88 Å². The molecule has 10 heteroatoms. The summed E-state index contributed by atoms with van der Waals surface area (Å²) in [6.45, 7) is 1.16. The summed E-state index contributed by atoms with van der Waals surface area (Å²) in [7, 11) is 1.45. The number of halogens is 2. The first-order valence-corrected chi connectivity index (χ1v) is 10.8. The molecule has 33 heavy (non-hydrogen) atoms. The number of methoxy groups -OCH3 is 1. The van der Waals surface area contributed by atoms with Crippen LogP contribution in [-0.2, 0) is 21.4 Å². The number of aliphatic imine (C=N–C) groups is 1. The minimum atomic E-state index is -1.60. The fourth-order valence-electron chi connectivity index (χ4n) is 4.48. The second kappa shape index (κ2) is 9.38. The summed E-state index contributed by atoms with van der Waals surface area (Å²) < 4.78 is 46.3. The number of benzene rings is 1. The summed E-state index contributed by atoms with van der Waals surface area (Å²) in [5.74, 6) is -1.24. The van der Waals surface area contributed by atoms with Crippen molar-refractivity contribution >= 4 is 11.8 Å². The number of hydrogen-bond donors (Lipinski definition) is 1. The van der Waals surface area contributed by atoms with Gasteiger partial charge < -0.3 is 19.9 Å². The standard InChI is InChI=1S/C23H26F2N4O4/c1-3-14-8-20-16(11-32-14)23(12-24,29-22(26)33-20)15-6-13(4-5-17(15)25)7-19(30)18-9-28-21(31-2)10-27-18/h4-6,9-10,14,16,20H,3,7-8,11-12H2,1-2H3,(H2,26,29)/t14-,16+,20-,23-/m1/s1. The van der Waals surface area contributed by atoms with E-state index in [0.29, 0.717) is 12.0 Å². The fourth-order valence-corrected chi connectivity index (χ4v) is 4.48. The van der Waals surface area contributed by atoms with Gasteiger partial charge >= 0.3 is 0 Å². The number of alkyl halides is 1. The summed E-state index contributed by atoms with van der Waals surface area (Å²) >= 11 is 0. The number of hydrogen-bond acceptors (Lipinski definition) is 8. The zero-order valence-electron chi connectivity index (χ0n) is 18.5. The number of nitrogens with zero attached hydrogens (tertiary/aromatic N) is 3. The highest BCUT2D eigenvalue weighted by Crippen LogP contribution is 2.45. The third-order valence-electron chi connectivity index (χ3n) is 6.29. The first-order valence-electron chi connectivity index (χ1n) is 10.8. The number of amidine groups is 1. The van der Waals surface area contributed by atoms with Crippen LogP contribution in [0.2, 0.25) is 0 Å². The summed E-state index contributed by atoms with van der Waals surface area (Å²) in [6.07, 6.45) is 3.36. The van der Waals surface area contributed by atoms with Gasteiger partial charge in [-0.3, -0.25) is 4.79 Å². The molecule has 4 atom stereocenters. The number of aromatic nitrogens is 2. The van der Waals surface area contributed by atoms with Gasteiger partial charge in [0.1, 0.15) is 29.8 Å². The maximum absolute atomic E-state index is 15.1. The second-order valence-corrected chi connectivity index (χ2v) is 8.23. The molecule has 3 heterocycles. The largest absolute Gasteiger partial charge is 0.480 e. The molecule has 176 valence electrons. The Labute approximate surface area is 190 Å². The molecule has 4 rings (SSSR count). The van der Waals surface area contributed by atoms with Crippen LogP contribution < -0.4 is 10.5 Å². The average molecular weight is 460 g/mol. The number of rotatable bonds is 7. The molecule has 2 aromatic rings. The first-order chi connectivity index (χ1) is 15.9. The number of ketones is 1. The van der Waals surface area contributed by atoms with Crippen LogP contribution in [-0.4, -0.2) is 54.4 Å². The molecular weight excluding hydrogens is 434 g/mol. The number of fused-ring (bicyclic) bond motifs is 1. The van der Waals surface area contributed by atoms with E-state index < -0.39 is 30.1 Å². The van der Waals surface area contributed by atoms with Gasteiger partial charge in [-0.25, -0.2) is 23.7 Å². The maximum Gasteiger partial charge on any atom is 0.283 e. The normalized spacial score (nSPS) is 26.7. The molecule has 0 radical (unpaired) electrons. The molecular formula is C23H26F2N4O4. The monoisotopic (exact) mass is 460 g/mol. The van der Waals surface area contributed by atoms with Crippen LogP contribution in [0.15, 0.2) is 35.6 Å². The Morgan fingerprint density at radius 2 is 2.15 bits per heavy atom. The van der Waals surface area contributed by atoms with E-state index in [1.807, 2.05) is 6.92 Å². The van der Waals surface area contributed by atoms with Crippen molar-refractivity contribution in [1.82, 2.24) is 9.97 Å². The number of nitrogens with two attached hydrogens (primary N) is 1. The van der Waals surface area contributed by atoms with Gasteiger partial charge in [-0.1, -0.05) is 13.0 Å². The predicted molar refractivity (Wildman–Crippen MR) is 115 cm³/mol. The quantitative estimate of drug-likeness (QED) is 0.633. The third-order valence-corrected chi connectivity index (χ3v) is 6.29. The molecule has 1 saturated heterocycles. The van der Waals surface area contributed by atoms with Gasteiger partial charge in [0.05, 0.1) is 38.1 Å². The van der Waals surface area contributed by atoms with Crippen molar-refractivity contribution in [2.45, 2.75) is 43.9 Å². The smallest absolute Gasteiger partial charge is 0.283 e. The molecule has 2 aliphatic heterocycles. The fraction of sp³-hybridized carbons (Fsp3) is 0.478. The summed E-state index contributed by atoms with van der Waals surface area (Å²) in [4.78, 5) is 25.0. The Hall–Kier alpha value is -3.14. The van der Waals surface area contributed by atoms with Gasteiger partial charge in [0.15, 0.2) is 5.78 Å². The minimum Gasteiger partial charge on any atom is -0.480 e. The van der Waals surface area contributed by atoms with E-state index in [1.54, 1.807) is 0 Å². The van der Waals surface area contributed by atoms with Gasteiger partial charge in [-0.15, -0.1) is 0 Å². The van der Waals surface area contributed by atoms with Crippen LogP contribution in [0.25, 0.3) is 0 Å². The van der Waals surface area contributed by atoms with E-state index in [2.05, 4.69) is 15.0 Å². The van der Waals surface area contributed by atoms with Crippen LogP contribution in [0.4, 0.5) is 8.78 Å². The van der Waals surface area contributed by atoms with Crippen molar-refractivity contribution in [3.05, 3.63) is 53.2 Å². The highest BCUT2D eigenvalue weighted by atomic mass is 19.1. The molecule has 1 fully saturated rings. The number of ether oxygens (including phenoxy) is 3. The SMILES string of the molecule is CC[C@@H]1C[C@H]2OC(N)=N[C@](CF)(c3cc(CC(=O)c4cnc(OC)cn4)ccc3F)[C@H]2CO1. The van der Waals surface area contributed by atoms with Crippen molar-refractivity contribution in [3.63, 3.8) is 0 Å². The lowest BCUT2D eigenvalue weighted by atomic mass is 9.73. The van der Waals surface area contributed by atoms with Gasteiger partial charge in [-0.2, -0.15) is 0 Å². The lowest BCUT2D eigenvalue weighted by molar-refractivity contribution is -0.115. The van der Waals surface area contributed by atoms with Crippen molar-refractivity contribution in [3.8, 4) is 5.88 Å². The number of carbonyl (C=O) groups is 1. The zero-order chi connectivity index (χ0) is 23.6. The van der Waals surface area contributed by atoms with Crippen molar-refractivity contribution in [2.24, 2.45) is 16.6 Å². The van der Waals surface area contributed by atoms with Crippen molar-refractivity contribution in [2.75, 3.05) is 20.4 Å². The van der Waals surface area contributed by atoms with Crippen molar-refractivity contribution < 1.29 is 27.8 Å². The van der Waals surface area contributed by atoms with Crippen LogP contribution in [0.3, 0.4) is 0 Å². The van der Waals surface area contributed by atoms with Gasteiger partial charge in [-0.05, 0) is 24.1 Å². The van der Waals surface area contributed by atoms with E-state index in [9.17, 15) is 9.18 Å². The zero-order valence-corrected chi connectivity index (χ0v) is 18.5. The lowest BCUT2D eigenvalue weighted by Crippen LogP contribution is -2.56. The second-order valence-electron chi connectivity index (χ2n) is 8.23. The Balaban J connectivity index is 1.66. The third kappa shape index (κ3) is 4.39. The molecule has 8 nitrogen and oxygen atoms in total. The van der Waals surface area contributed by atoms with Crippen molar-refractivity contribution in [1.29, 1.82) is 0 Å². The van der Waals surface area contributed by atoms with Crippen LogP contribution in [0.5, 0.6) is 5.88 Å². The highest BCUT2D eigenvalue weighted by molar-refractivity contribution is 5.95. The molecule has 0 saturated carbocycles. The molecule has 0 amide bonds. The Bertz CT molecular complexity index is 1050. The average Bonchev–Trinajstić information content (AvgIpc) is 2.84. The van der Waals surface area contributed by atoms with Crippen LogP contribution >= 0.6 is 0 Å². The molecule has 2 aliphatic rings. The van der Waals surface area contributed by atoms with Gasteiger partial charge in [0.25, 0.3) is 6.02 Å². The van der Waals surface area contributed by atoms with Gasteiger partial charge in [0, 0.05) is 18.4 Å². The lowest BCUT2D eigenvalue weighted by Gasteiger charge is -2.47. The topological polar surface area (TPSA) is 109 Å². The van der Waals surface area contributed by atoms with Crippen LogP contribution in [0, 0.1) is 11.7 Å². The maximum atomic E-state index is 15.1. The summed E-state index contributed by atoms with van der Waals surface area (Å²) in [6, 6.07) is 3.98. The minimum absolute atomic E-state index is 0.0240. The predicted octanol–water partition coefficient (Wildman–Crippen LogP) is 2.74. The Kier molecular flexibility index (Phi) is 6.55. The van der Waals surface area contributed by atoms with E-state index in [0.717, 1.165) is 6.42 Å². The number of Topliss-reactive ketones (excluding diaryl/α,β-unsaturated/α-hetero) is 1. The van der Waals surface area contributed by atoms with E-state index in [-0.39, 0.29) is 48.1 Å². The molecule has 0 aliphatic carbocycles. The molecule has 1 aromatic carbocycles. The molecule has 0 spiro atoms. The Morgan fingerprint density at radius 1 is 1.33 bits per heavy atom. The molecule has 1 aromatic heterocycles. The summed E-state index contributed by atoms with van der Waals surface area (Å²) in [5, 5.41) is 0. The highest BCUT2D eigenvalue weighted by Gasteiger charge is 2.53. The summed E-state index contributed by atoms with van der Waals surface area (Å²) in [5.41, 5.74) is 4.95. The first kappa shape index (κ1) is 23.0. The molecule has 0 unspecified atom stereocenters. The Morgan fingerprint density at radius 3 is 2.82 bits per heavy atom. The molecule has 0 bridgehead atoms. The van der Waals surface area contributed by atoms with E-state index >= 15 is 4.39 Å². The molecule has 2 N–H and O–H groups in total. The van der Waals surface area contributed by atoms with E-state index in [4.69, 9.17) is 19.9 Å².